The van der Waals surface area contributed by atoms with Gasteiger partial charge in [0, 0.05) is 13.1 Å². The van der Waals surface area contributed by atoms with E-state index < -0.39 is 11.6 Å². The Balaban J connectivity index is 1.86. The van der Waals surface area contributed by atoms with Gasteiger partial charge in [-0.05, 0) is 24.0 Å². The zero-order valence-electron chi connectivity index (χ0n) is 11.7. The van der Waals surface area contributed by atoms with Crippen molar-refractivity contribution in [3.63, 3.8) is 0 Å². The zero-order chi connectivity index (χ0) is 14.9. The predicted octanol–water partition coefficient (Wildman–Crippen LogP) is 3.11. The second kappa shape index (κ2) is 5.45. The Morgan fingerprint density at radius 3 is 2.57 bits per heavy atom. The van der Waals surface area contributed by atoms with Gasteiger partial charge < -0.3 is 5.11 Å². The molecule has 1 aliphatic carbocycles. The van der Waals surface area contributed by atoms with Gasteiger partial charge in [-0.1, -0.05) is 48.6 Å². The van der Waals surface area contributed by atoms with Crippen molar-refractivity contribution in [2.24, 2.45) is 0 Å². The van der Waals surface area contributed by atoms with Crippen LogP contribution in [0.5, 0.6) is 0 Å². The van der Waals surface area contributed by atoms with Crippen LogP contribution in [0.25, 0.3) is 0 Å². The monoisotopic (exact) mass is 287 g/mol. The number of alkyl halides is 1. The molecule has 0 amide bonds. The SMILES string of the molecule is O=C(O)C1(F)CN(C(C2=CC=CCC2)c2ccccc2)C1. The van der Waals surface area contributed by atoms with E-state index in [2.05, 4.69) is 12.2 Å². The number of benzene rings is 1. The van der Waals surface area contributed by atoms with E-state index in [1.807, 2.05) is 41.3 Å². The first-order valence-corrected chi connectivity index (χ1v) is 7.17. The van der Waals surface area contributed by atoms with Crippen LogP contribution >= 0.6 is 0 Å². The van der Waals surface area contributed by atoms with Gasteiger partial charge in [-0.3, -0.25) is 4.90 Å². The van der Waals surface area contributed by atoms with Crippen LogP contribution < -0.4 is 0 Å². The largest absolute Gasteiger partial charge is 0.479 e. The number of hydrogen-bond donors (Lipinski definition) is 1. The molecule has 21 heavy (non-hydrogen) atoms. The maximum absolute atomic E-state index is 14.0. The molecule has 1 unspecified atom stereocenters. The van der Waals surface area contributed by atoms with Gasteiger partial charge in [0.05, 0.1) is 6.04 Å². The van der Waals surface area contributed by atoms with Crippen LogP contribution in [0.15, 0.2) is 54.1 Å². The lowest BCUT2D eigenvalue weighted by molar-refractivity contribution is -0.165. The topological polar surface area (TPSA) is 40.5 Å². The van der Waals surface area contributed by atoms with Gasteiger partial charge in [0.15, 0.2) is 0 Å². The number of aliphatic carboxylic acids is 1. The molecule has 0 radical (unpaired) electrons. The first-order valence-electron chi connectivity index (χ1n) is 7.17. The Bertz CT molecular complexity index is 588. The van der Waals surface area contributed by atoms with E-state index in [1.54, 1.807) is 0 Å². The molecule has 1 fully saturated rings. The molecule has 1 aromatic carbocycles. The molecular formula is C17H18FNO2. The molecule has 110 valence electrons. The van der Waals surface area contributed by atoms with Crippen LogP contribution in [0.2, 0.25) is 0 Å². The Morgan fingerprint density at radius 2 is 2.00 bits per heavy atom. The summed E-state index contributed by atoms with van der Waals surface area (Å²) < 4.78 is 14.0. The Morgan fingerprint density at radius 1 is 1.29 bits per heavy atom. The van der Waals surface area contributed by atoms with Crippen molar-refractivity contribution in [3.8, 4) is 0 Å². The second-order valence-corrected chi connectivity index (χ2v) is 5.70. The lowest BCUT2D eigenvalue weighted by Gasteiger charge is -2.47. The van der Waals surface area contributed by atoms with Gasteiger partial charge in [0.2, 0.25) is 5.67 Å². The fourth-order valence-electron chi connectivity index (χ4n) is 3.06. The van der Waals surface area contributed by atoms with Crippen LogP contribution in [0, 0.1) is 0 Å². The van der Waals surface area contributed by atoms with Crippen LogP contribution in [0.4, 0.5) is 4.39 Å². The summed E-state index contributed by atoms with van der Waals surface area (Å²) in [6, 6.07) is 9.87. The smallest absolute Gasteiger partial charge is 0.344 e. The van der Waals surface area contributed by atoms with Crippen molar-refractivity contribution >= 4 is 5.97 Å². The molecule has 3 nitrogen and oxygen atoms in total. The Labute approximate surface area is 123 Å². The van der Waals surface area contributed by atoms with E-state index in [-0.39, 0.29) is 19.1 Å². The highest BCUT2D eigenvalue weighted by Crippen LogP contribution is 2.40. The van der Waals surface area contributed by atoms with Crippen molar-refractivity contribution in [3.05, 3.63) is 59.7 Å². The van der Waals surface area contributed by atoms with E-state index in [0.717, 1.165) is 18.4 Å². The standard InChI is InChI=1S/C17H18FNO2/c18-17(16(20)21)11-19(12-17)15(13-7-3-1-4-8-13)14-9-5-2-6-10-14/h1-5,7-9,15H,6,10-12H2,(H,20,21). The van der Waals surface area contributed by atoms with Gasteiger partial charge in [0.25, 0.3) is 0 Å². The molecule has 1 aromatic rings. The fourth-order valence-corrected chi connectivity index (χ4v) is 3.06. The van der Waals surface area contributed by atoms with Gasteiger partial charge in [-0.15, -0.1) is 0 Å². The fraction of sp³-hybridized carbons (Fsp3) is 0.353. The molecule has 1 N–H and O–H groups in total. The molecule has 0 spiro atoms. The van der Waals surface area contributed by atoms with E-state index in [0.29, 0.717) is 0 Å². The van der Waals surface area contributed by atoms with Crippen LogP contribution in [-0.4, -0.2) is 34.7 Å². The summed E-state index contributed by atoms with van der Waals surface area (Å²) in [6.07, 6.45) is 8.11. The Kier molecular flexibility index (Phi) is 3.64. The number of allylic oxidation sites excluding steroid dienone is 3. The first kappa shape index (κ1) is 14.0. The minimum Gasteiger partial charge on any atom is -0.479 e. The number of hydrogen-bond acceptors (Lipinski definition) is 2. The quantitative estimate of drug-likeness (QED) is 0.925. The number of carbonyl (C=O) groups is 1. The summed E-state index contributed by atoms with van der Waals surface area (Å²) in [5.41, 5.74) is 0.209. The number of carboxylic acids is 1. The number of rotatable bonds is 4. The van der Waals surface area contributed by atoms with Crippen LogP contribution in [0.1, 0.15) is 24.4 Å². The van der Waals surface area contributed by atoms with E-state index in [1.165, 1.54) is 5.57 Å². The van der Waals surface area contributed by atoms with Gasteiger partial charge in [0.1, 0.15) is 0 Å². The molecule has 1 saturated heterocycles. The molecule has 0 saturated carbocycles. The third-order valence-corrected chi connectivity index (χ3v) is 4.17. The van der Waals surface area contributed by atoms with E-state index in [9.17, 15) is 9.18 Å². The predicted molar refractivity (Wildman–Crippen MR) is 78.7 cm³/mol. The van der Waals surface area contributed by atoms with Gasteiger partial charge in [-0.2, -0.15) is 0 Å². The third kappa shape index (κ3) is 2.63. The average molecular weight is 287 g/mol. The van der Waals surface area contributed by atoms with Crippen LogP contribution in [0.3, 0.4) is 0 Å². The molecule has 1 heterocycles. The molecule has 2 aliphatic rings. The summed E-state index contributed by atoms with van der Waals surface area (Å²) in [4.78, 5) is 12.9. The summed E-state index contributed by atoms with van der Waals surface area (Å²) in [6.45, 7) is -0.105. The normalized spacial score (nSPS) is 22.2. The third-order valence-electron chi connectivity index (χ3n) is 4.17. The highest BCUT2D eigenvalue weighted by molar-refractivity contribution is 5.79. The highest BCUT2D eigenvalue weighted by Gasteiger charge is 2.53. The van der Waals surface area contributed by atoms with Crippen molar-refractivity contribution < 1.29 is 14.3 Å². The minimum absolute atomic E-state index is 0.0284. The lowest BCUT2D eigenvalue weighted by Crippen LogP contribution is -2.64. The van der Waals surface area contributed by atoms with Crippen LogP contribution in [-0.2, 0) is 4.79 Å². The molecule has 3 rings (SSSR count). The highest BCUT2D eigenvalue weighted by atomic mass is 19.1. The number of halogens is 1. The molecule has 1 aliphatic heterocycles. The van der Waals surface area contributed by atoms with E-state index >= 15 is 0 Å². The average Bonchev–Trinajstić information content (AvgIpc) is 2.47. The van der Waals surface area contributed by atoms with Gasteiger partial charge >= 0.3 is 5.97 Å². The number of carboxylic acid groups (broad SMARTS) is 1. The number of nitrogens with zero attached hydrogens (tertiary/aromatic N) is 1. The van der Waals surface area contributed by atoms with Crippen molar-refractivity contribution in [1.82, 2.24) is 4.90 Å². The summed E-state index contributed by atoms with van der Waals surface area (Å²) in [5, 5.41) is 8.95. The minimum atomic E-state index is -2.10. The second-order valence-electron chi connectivity index (χ2n) is 5.70. The van der Waals surface area contributed by atoms with Crippen molar-refractivity contribution in [2.45, 2.75) is 24.6 Å². The molecule has 0 aromatic heterocycles. The summed E-state index contributed by atoms with van der Waals surface area (Å²) in [7, 11) is 0. The van der Waals surface area contributed by atoms with Crippen molar-refractivity contribution in [1.29, 1.82) is 0 Å². The Hall–Kier alpha value is -1.94. The molecule has 0 bridgehead atoms. The van der Waals surface area contributed by atoms with E-state index in [4.69, 9.17) is 5.11 Å². The summed E-state index contributed by atoms with van der Waals surface area (Å²) in [5.74, 6) is -1.36. The molecule has 4 heteroatoms. The number of likely N-dealkylation sites (tertiary alicyclic amines) is 1. The maximum Gasteiger partial charge on any atom is 0.344 e. The lowest BCUT2D eigenvalue weighted by atomic mass is 9.85. The maximum atomic E-state index is 14.0. The molecule has 1 atom stereocenters. The first-order chi connectivity index (χ1) is 10.1. The summed E-state index contributed by atoms with van der Waals surface area (Å²) >= 11 is 0. The zero-order valence-corrected chi connectivity index (χ0v) is 11.7. The van der Waals surface area contributed by atoms with Gasteiger partial charge in [-0.25, -0.2) is 9.18 Å². The molecular weight excluding hydrogens is 269 g/mol. The van der Waals surface area contributed by atoms with Crippen molar-refractivity contribution in [2.75, 3.05) is 13.1 Å².